The summed E-state index contributed by atoms with van der Waals surface area (Å²) in [6.45, 7) is 11.6. The maximum absolute atomic E-state index is 4.46. The number of unbranched alkanes of at least 4 members (excludes halogenated alkanes) is 1. The highest BCUT2D eigenvalue weighted by Gasteiger charge is 1.93. The molecule has 0 rings (SSSR count). The molecule has 0 saturated heterocycles. The second-order valence-corrected chi connectivity index (χ2v) is 4.00. The van der Waals surface area contributed by atoms with E-state index in [0.717, 1.165) is 12.3 Å². The van der Waals surface area contributed by atoms with E-state index in [2.05, 4.69) is 51.0 Å². The van der Waals surface area contributed by atoms with E-state index in [-0.39, 0.29) is 0 Å². The van der Waals surface area contributed by atoms with Crippen LogP contribution >= 0.6 is 0 Å². The Hall–Kier alpha value is -0.790. The molecule has 0 aromatic carbocycles. The van der Waals surface area contributed by atoms with E-state index in [4.69, 9.17) is 0 Å². The zero-order valence-corrected chi connectivity index (χ0v) is 10.2. The number of nitrogens with one attached hydrogen (secondary N) is 1. The van der Waals surface area contributed by atoms with Crippen LogP contribution in [0.25, 0.3) is 0 Å². The van der Waals surface area contributed by atoms with Gasteiger partial charge in [-0.05, 0) is 40.2 Å². The Morgan fingerprint density at radius 2 is 2.00 bits per heavy atom. The topological polar surface area (TPSA) is 24.4 Å². The van der Waals surface area contributed by atoms with Crippen molar-refractivity contribution in [2.24, 2.45) is 4.99 Å². The number of aliphatic imine (C=N–C) groups is 1. The molecule has 82 valence electrons. The number of hydrogen-bond acceptors (Lipinski definition) is 2. The molecule has 0 unspecified atom stereocenters. The second-order valence-electron chi connectivity index (χ2n) is 4.00. The van der Waals surface area contributed by atoms with E-state index in [0.29, 0.717) is 6.04 Å². The van der Waals surface area contributed by atoms with E-state index in [1.54, 1.807) is 0 Å². The third kappa shape index (κ3) is 7.84. The van der Waals surface area contributed by atoms with E-state index in [1.807, 2.05) is 0 Å². The van der Waals surface area contributed by atoms with Crippen LogP contribution in [0.3, 0.4) is 0 Å². The molecular weight excluding hydrogens is 172 g/mol. The van der Waals surface area contributed by atoms with Crippen molar-refractivity contribution in [1.82, 2.24) is 5.32 Å². The largest absolute Gasteiger partial charge is 0.386 e. The fourth-order valence-electron chi connectivity index (χ4n) is 1.27. The molecule has 0 aliphatic carbocycles. The summed E-state index contributed by atoms with van der Waals surface area (Å²) in [5.74, 6) is 0. The zero-order valence-electron chi connectivity index (χ0n) is 10.2. The lowest BCUT2D eigenvalue weighted by atomic mass is 10.3. The molecule has 0 fully saturated rings. The molecule has 0 spiro atoms. The summed E-state index contributed by atoms with van der Waals surface area (Å²) < 4.78 is 0. The summed E-state index contributed by atoms with van der Waals surface area (Å²) in [5.41, 5.74) is 2.31. The van der Waals surface area contributed by atoms with Gasteiger partial charge in [-0.1, -0.05) is 13.3 Å². The lowest BCUT2D eigenvalue weighted by molar-refractivity contribution is 0.670. The number of allylic oxidation sites excluding steroid dienone is 2. The highest BCUT2D eigenvalue weighted by Crippen LogP contribution is 1.94. The third-order valence-electron chi connectivity index (χ3n) is 1.81. The molecule has 14 heavy (non-hydrogen) atoms. The Bertz CT molecular complexity index is 202. The molecule has 0 aromatic rings. The fraction of sp³-hybridized carbons (Fsp3) is 0.750. The van der Waals surface area contributed by atoms with Crippen molar-refractivity contribution in [2.75, 3.05) is 6.54 Å². The monoisotopic (exact) mass is 196 g/mol. The summed E-state index contributed by atoms with van der Waals surface area (Å²) in [4.78, 5) is 4.46. The quantitative estimate of drug-likeness (QED) is 0.512. The van der Waals surface area contributed by atoms with Gasteiger partial charge in [-0.2, -0.15) is 0 Å². The van der Waals surface area contributed by atoms with Gasteiger partial charge in [0, 0.05) is 24.0 Å². The zero-order chi connectivity index (χ0) is 11.0. The normalized spacial score (nSPS) is 13.6. The van der Waals surface area contributed by atoms with Crippen molar-refractivity contribution in [3.8, 4) is 0 Å². The van der Waals surface area contributed by atoms with Gasteiger partial charge >= 0.3 is 0 Å². The molecule has 2 nitrogen and oxygen atoms in total. The number of hydrogen-bond donors (Lipinski definition) is 1. The summed E-state index contributed by atoms with van der Waals surface area (Å²) in [7, 11) is 0. The molecule has 0 radical (unpaired) electrons. The van der Waals surface area contributed by atoms with Gasteiger partial charge in [0.2, 0.25) is 0 Å². The van der Waals surface area contributed by atoms with Crippen molar-refractivity contribution in [1.29, 1.82) is 0 Å². The maximum atomic E-state index is 4.46. The van der Waals surface area contributed by atoms with Gasteiger partial charge < -0.3 is 5.32 Å². The second kappa shape index (κ2) is 7.60. The van der Waals surface area contributed by atoms with Gasteiger partial charge in [0.05, 0.1) is 0 Å². The fourth-order valence-corrected chi connectivity index (χ4v) is 1.27. The Labute approximate surface area is 88.5 Å². The summed E-state index contributed by atoms with van der Waals surface area (Å²) in [6.07, 6.45) is 4.50. The maximum Gasteiger partial charge on any atom is 0.0392 e. The van der Waals surface area contributed by atoms with Gasteiger partial charge in [0.25, 0.3) is 0 Å². The van der Waals surface area contributed by atoms with Crippen LogP contribution in [0, 0.1) is 0 Å². The highest BCUT2D eigenvalue weighted by atomic mass is 14.9. The van der Waals surface area contributed by atoms with Crippen LogP contribution in [0.15, 0.2) is 16.8 Å². The molecule has 0 aliphatic heterocycles. The molecule has 0 amide bonds. The van der Waals surface area contributed by atoms with E-state index >= 15 is 0 Å². The first-order chi connectivity index (χ1) is 6.56. The van der Waals surface area contributed by atoms with Crippen LogP contribution in [-0.4, -0.2) is 18.3 Å². The van der Waals surface area contributed by atoms with Gasteiger partial charge in [0.1, 0.15) is 0 Å². The highest BCUT2D eigenvalue weighted by molar-refractivity contribution is 5.93. The van der Waals surface area contributed by atoms with Crippen LogP contribution < -0.4 is 5.32 Å². The lowest BCUT2D eigenvalue weighted by Crippen LogP contribution is -2.20. The average Bonchev–Trinajstić information content (AvgIpc) is 2.02. The molecule has 2 heteroatoms. The Kier molecular flexibility index (Phi) is 7.17. The van der Waals surface area contributed by atoms with Gasteiger partial charge in [-0.3, -0.25) is 4.99 Å². The lowest BCUT2D eigenvalue weighted by Gasteiger charge is -2.09. The first kappa shape index (κ1) is 13.2. The minimum absolute atomic E-state index is 0.495. The van der Waals surface area contributed by atoms with Gasteiger partial charge in [0.15, 0.2) is 0 Å². The van der Waals surface area contributed by atoms with Crippen LogP contribution in [0.4, 0.5) is 0 Å². The van der Waals surface area contributed by atoms with Crippen LogP contribution in [0.2, 0.25) is 0 Å². The van der Waals surface area contributed by atoms with Crippen molar-refractivity contribution in [3.05, 3.63) is 11.8 Å². The number of rotatable bonds is 6. The van der Waals surface area contributed by atoms with Crippen LogP contribution in [-0.2, 0) is 0 Å². The molecule has 1 N–H and O–H groups in total. The molecule has 0 saturated carbocycles. The minimum Gasteiger partial charge on any atom is -0.386 e. The molecule has 0 aromatic heterocycles. The number of nitrogens with zero attached hydrogens (tertiary/aromatic N) is 1. The molecule has 0 atom stereocenters. The molecule has 0 aliphatic rings. The molecule has 0 heterocycles. The van der Waals surface area contributed by atoms with E-state index in [9.17, 15) is 0 Å². The first-order valence-corrected chi connectivity index (χ1v) is 5.52. The van der Waals surface area contributed by atoms with Crippen molar-refractivity contribution < 1.29 is 0 Å². The predicted molar refractivity (Wildman–Crippen MR) is 64.9 cm³/mol. The Morgan fingerprint density at radius 1 is 1.36 bits per heavy atom. The van der Waals surface area contributed by atoms with Crippen LogP contribution in [0.1, 0.15) is 47.5 Å². The predicted octanol–water partition coefficient (Wildman–Crippen LogP) is 3.15. The molecular formula is C12H24N2. The van der Waals surface area contributed by atoms with Gasteiger partial charge in [-0.25, -0.2) is 0 Å². The minimum atomic E-state index is 0.495. The average molecular weight is 196 g/mol. The smallest absolute Gasteiger partial charge is 0.0392 e. The standard InChI is InChI=1S/C12H24N2/c1-6-7-8-13-11(4)9-12(5)14-10(2)3/h9-10,14H,6-8H2,1-5H3/b12-9-,13-11?. The SMILES string of the molecule is CCCCN=C(C)/C=C(/C)NC(C)C. The third-order valence-corrected chi connectivity index (χ3v) is 1.81. The van der Waals surface area contributed by atoms with E-state index in [1.165, 1.54) is 18.5 Å². The van der Waals surface area contributed by atoms with Gasteiger partial charge in [-0.15, -0.1) is 0 Å². The van der Waals surface area contributed by atoms with Crippen LogP contribution in [0.5, 0.6) is 0 Å². The summed E-state index contributed by atoms with van der Waals surface area (Å²) in [5, 5.41) is 3.34. The van der Waals surface area contributed by atoms with Crippen molar-refractivity contribution >= 4 is 5.71 Å². The molecule has 0 bridgehead atoms. The van der Waals surface area contributed by atoms with Crippen molar-refractivity contribution in [2.45, 2.75) is 53.5 Å². The Balaban J connectivity index is 3.99. The summed E-state index contributed by atoms with van der Waals surface area (Å²) >= 11 is 0. The summed E-state index contributed by atoms with van der Waals surface area (Å²) in [6, 6.07) is 0.495. The van der Waals surface area contributed by atoms with E-state index < -0.39 is 0 Å². The van der Waals surface area contributed by atoms with Crippen molar-refractivity contribution in [3.63, 3.8) is 0 Å². The Morgan fingerprint density at radius 3 is 2.50 bits per heavy atom. The first-order valence-electron chi connectivity index (χ1n) is 5.52.